The molecular weight excluding hydrogens is 312 g/mol. The van der Waals surface area contributed by atoms with Crippen molar-refractivity contribution in [2.24, 2.45) is 11.3 Å². The molecule has 0 spiro atoms. The largest absolute Gasteiger partial charge is 0.390 e. The molecule has 1 saturated carbocycles. The second-order valence-corrected chi connectivity index (χ2v) is 8.45. The Morgan fingerprint density at radius 1 is 1.16 bits per heavy atom. The zero-order valence-corrected chi connectivity index (χ0v) is 13.4. The van der Waals surface area contributed by atoms with Crippen molar-refractivity contribution in [2.45, 2.75) is 55.7 Å². The number of amides is 1. The second kappa shape index (κ2) is 5.94. The SMILES string of the molecule is CC(C)(C)[C@@H]1C[C@@H](O)[C@@H](O)[C@@H](NC(=O)C(Cl)(Cl)Cl)C1. The summed E-state index contributed by atoms with van der Waals surface area (Å²) in [5.74, 6) is -0.630. The van der Waals surface area contributed by atoms with Crippen molar-refractivity contribution in [2.75, 3.05) is 0 Å². The third-order valence-corrected chi connectivity index (χ3v) is 4.18. The fourth-order valence-corrected chi connectivity index (χ4v) is 2.51. The molecule has 4 nitrogen and oxygen atoms in total. The number of alkyl halides is 3. The molecular formula is C12H20Cl3NO3. The Morgan fingerprint density at radius 2 is 1.68 bits per heavy atom. The normalized spacial score (nSPS) is 33.1. The van der Waals surface area contributed by atoms with Gasteiger partial charge in [-0.05, 0) is 24.2 Å². The van der Waals surface area contributed by atoms with Crippen molar-refractivity contribution in [3.63, 3.8) is 0 Å². The molecule has 0 aliphatic heterocycles. The van der Waals surface area contributed by atoms with Crippen LogP contribution in [0.15, 0.2) is 0 Å². The Kier molecular flexibility index (Phi) is 5.41. The van der Waals surface area contributed by atoms with E-state index in [1.165, 1.54) is 0 Å². The summed E-state index contributed by atoms with van der Waals surface area (Å²) in [6.07, 6.45) is -0.910. The van der Waals surface area contributed by atoms with Gasteiger partial charge in [0, 0.05) is 0 Å². The maximum Gasteiger partial charge on any atom is 0.272 e. The average Bonchev–Trinajstić information content (AvgIpc) is 2.21. The molecule has 19 heavy (non-hydrogen) atoms. The highest BCUT2D eigenvalue weighted by molar-refractivity contribution is 6.76. The molecule has 0 bridgehead atoms. The van der Waals surface area contributed by atoms with E-state index in [9.17, 15) is 15.0 Å². The zero-order chi connectivity index (χ0) is 15.0. The van der Waals surface area contributed by atoms with Crippen LogP contribution in [0.25, 0.3) is 0 Å². The van der Waals surface area contributed by atoms with E-state index in [-0.39, 0.29) is 11.3 Å². The van der Waals surface area contributed by atoms with E-state index < -0.39 is 27.9 Å². The monoisotopic (exact) mass is 331 g/mol. The van der Waals surface area contributed by atoms with E-state index in [4.69, 9.17) is 34.8 Å². The van der Waals surface area contributed by atoms with Crippen molar-refractivity contribution in [1.29, 1.82) is 0 Å². The maximum absolute atomic E-state index is 11.6. The lowest BCUT2D eigenvalue weighted by molar-refractivity contribution is -0.125. The quantitative estimate of drug-likeness (QED) is 0.643. The predicted molar refractivity (Wildman–Crippen MR) is 76.4 cm³/mol. The fourth-order valence-electron chi connectivity index (χ4n) is 2.34. The molecule has 0 heterocycles. The van der Waals surface area contributed by atoms with Crippen LogP contribution in [0.3, 0.4) is 0 Å². The third kappa shape index (κ3) is 4.64. The molecule has 1 aliphatic carbocycles. The molecule has 1 amide bonds. The minimum Gasteiger partial charge on any atom is -0.390 e. The fraction of sp³-hybridized carbons (Fsp3) is 0.917. The summed E-state index contributed by atoms with van der Waals surface area (Å²) in [6, 6.07) is -0.615. The number of aliphatic hydroxyl groups is 2. The van der Waals surface area contributed by atoms with Crippen LogP contribution >= 0.6 is 34.8 Å². The number of hydrogen-bond donors (Lipinski definition) is 3. The zero-order valence-electron chi connectivity index (χ0n) is 11.2. The number of aliphatic hydroxyl groups excluding tert-OH is 2. The Labute approximate surface area is 128 Å². The van der Waals surface area contributed by atoms with Crippen molar-refractivity contribution in [3.05, 3.63) is 0 Å². The topological polar surface area (TPSA) is 69.6 Å². The van der Waals surface area contributed by atoms with E-state index in [2.05, 4.69) is 26.1 Å². The summed E-state index contributed by atoms with van der Waals surface area (Å²) in [5.41, 5.74) is -0.0376. The van der Waals surface area contributed by atoms with Crippen LogP contribution < -0.4 is 5.32 Å². The van der Waals surface area contributed by atoms with Gasteiger partial charge in [-0.1, -0.05) is 55.6 Å². The molecule has 1 fully saturated rings. The van der Waals surface area contributed by atoms with Crippen LogP contribution in [0, 0.1) is 11.3 Å². The number of carbonyl (C=O) groups is 1. The number of carbonyl (C=O) groups excluding carboxylic acids is 1. The summed E-state index contributed by atoms with van der Waals surface area (Å²) < 4.78 is -2.07. The van der Waals surface area contributed by atoms with Crippen molar-refractivity contribution in [3.8, 4) is 0 Å². The molecule has 1 aliphatic rings. The number of halogens is 3. The van der Waals surface area contributed by atoms with Crippen LogP contribution in [0.4, 0.5) is 0 Å². The lowest BCUT2D eigenvalue weighted by atomic mass is 9.69. The Hall–Kier alpha value is 0.260. The number of rotatable bonds is 1. The Bertz CT molecular complexity index is 338. The molecule has 0 aromatic rings. The van der Waals surface area contributed by atoms with Gasteiger partial charge >= 0.3 is 0 Å². The minimum absolute atomic E-state index is 0.0376. The van der Waals surface area contributed by atoms with Crippen molar-refractivity contribution < 1.29 is 15.0 Å². The van der Waals surface area contributed by atoms with Gasteiger partial charge in [-0.25, -0.2) is 0 Å². The molecule has 0 unspecified atom stereocenters. The van der Waals surface area contributed by atoms with Gasteiger partial charge < -0.3 is 15.5 Å². The highest BCUT2D eigenvalue weighted by atomic mass is 35.6. The second-order valence-electron chi connectivity index (χ2n) is 6.17. The minimum atomic E-state index is -2.07. The summed E-state index contributed by atoms with van der Waals surface area (Å²) in [5, 5.41) is 22.3. The van der Waals surface area contributed by atoms with Crippen LogP contribution in [-0.2, 0) is 4.79 Å². The highest BCUT2D eigenvalue weighted by Gasteiger charge is 2.42. The first-order valence-corrected chi connectivity index (χ1v) is 7.30. The van der Waals surface area contributed by atoms with Gasteiger partial charge in [0.2, 0.25) is 0 Å². The molecule has 7 heteroatoms. The number of nitrogens with one attached hydrogen (secondary N) is 1. The standard InChI is InChI=1S/C12H20Cl3NO3/c1-11(2,3)6-4-7(9(18)8(17)5-6)16-10(19)12(13,14)15/h6-9,17-18H,4-5H2,1-3H3,(H,16,19)/t6-,7-,8+,9-/m0/s1. The average molecular weight is 333 g/mol. The van der Waals surface area contributed by atoms with E-state index >= 15 is 0 Å². The summed E-state index contributed by atoms with van der Waals surface area (Å²) in [7, 11) is 0. The molecule has 4 atom stereocenters. The summed E-state index contributed by atoms with van der Waals surface area (Å²) >= 11 is 16.5. The first kappa shape index (κ1) is 17.3. The number of hydrogen-bond acceptors (Lipinski definition) is 3. The Morgan fingerprint density at radius 3 is 2.11 bits per heavy atom. The summed E-state index contributed by atoms with van der Waals surface area (Å²) in [6.45, 7) is 6.15. The van der Waals surface area contributed by atoms with Gasteiger partial charge in [0.25, 0.3) is 9.70 Å². The van der Waals surface area contributed by atoms with E-state index in [0.29, 0.717) is 12.8 Å². The molecule has 0 aromatic heterocycles. The maximum atomic E-state index is 11.6. The smallest absolute Gasteiger partial charge is 0.272 e. The molecule has 3 N–H and O–H groups in total. The van der Waals surface area contributed by atoms with Crippen LogP contribution in [0.2, 0.25) is 0 Å². The Balaban J connectivity index is 2.78. The first-order chi connectivity index (χ1) is 8.43. The molecule has 0 radical (unpaired) electrons. The van der Waals surface area contributed by atoms with Gasteiger partial charge in [-0.3, -0.25) is 4.79 Å². The lowest BCUT2D eigenvalue weighted by Crippen LogP contribution is -2.56. The van der Waals surface area contributed by atoms with E-state index in [1.54, 1.807) is 0 Å². The van der Waals surface area contributed by atoms with Gasteiger partial charge in [0.1, 0.15) is 6.10 Å². The van der Waals surface area contributed by atoms with Crippen molar-refractivity contribution in [1.82, 2.24) is 5.32 Å². The van der Waals surface area contributed by atoms with Crippen molar-refractivity contribution >= 4 is 40.7 Å². The molecule has 1 rings (SSSR count). The lowest BCUT2D eigenvalue weighted by Gasteiger charge is -2.43. The van der Waals surface area contributed by atoms with Crippen LogP contribution in [0.1, 0.15) is 33.6 Å². The first-order valence-electron chi connectivity index (χ1n) is 6.16. The summed E-state index contributed by atoms with van der Waals surface area (Å²) in [4.78, 5) is 11.6. The van der Waals surface area contributed by atoms with Gasteiger partial charge in [0.05, 0.1) is 12.1 Å². The third-order valence-electron chi connectivity index (χ3n) is 3.67. The van der Waals surface area contributed by atoms with Gasteiger partial charge in [0.15, 0.2) is 0 Å². The van der Waals surface area contributed by atoms with E-state index in [1.807, 2.05) is 0 Å². The van der Waals surface area contributed by atoms with E-state index in [0.717, 1.165) is 0 Å². The molecule has 0 aromatic carbocycles. The van der Waals surface area contributed by atoms with Gasteiger partial charge in [-0.15, -0.1) is 0 Å². The predicted octanol–water partition coefficient (Wildman–Crippen LogP) is 2.02. The molecule has 112 valence electrons. The van der Waals surface area contributed by atoms with Crippen LogP contribution in [0.5, 0.6) is 0 Å². The molecule has 0 saturated heterocycles. The van der Waals surface area contributed by atoms with Gasteiger partial charge in [-0.2, -0.15) is 0 Å². The highest BCUT2D eigenvalue weighted by Crippen LogP contribution is 2.38. The van der Waals surface area contributed by atoms with Crippen LogP contribution in [-0.4, -0.2) is 38.2 Å².